The van der Waals surface area contributed by atoms with Crippen molar-refractivity contribution in [2.45, 2.75) is 13.5 Å². The lowest BCUT2D eigenvalue weighted by Gasteiger charge is -2.17. The largest absolute Gasteiger partial charge is 0.325 e. The highest BCUT2D eigenvalue weighted by atomic mass is 35.5. The summed E-state index contributed by atoms with van der Waals surface area (Å²) in [5.41, 5.74) is 2.80. The zero-order valence-electron chi connectivity index (χ0n) is 12.6. The number of aryl methyl sites for hydroxylation is 1. The highest BCUT2D eigenvalue weighted by Gasteiger charge is 2.09. The van der Waals surface area contributed by atoms with E-state index in [0.29, 0.717) is 23.1 Å². The number of halogens is 2. The summed E-state index contributed by atoms with van der Waals surface area (Å²) >= 11 is 11.9. The Morgan fingerprint density at radius 1 is 1.14 bits per heavy atom. The van der Waals surface area contributed by atoms with Crippen LogP contribution in [0.25, 0.3) is 0 Å². The summed E-state index contributed by atoms with van der Waals surface area (Å²) in [5, 5.41) is 4.26. The maximum absolute atomic E-state index is 12.1. The van der Waals surface area contributed by atoms with E-state index in [4.69, 9.17) is 23.2 Å². The third-order valence-electron chi connectivity index (χ3n) is 3.22. The highest BCUT2D eigenvalue weighted by molar-refractivity contribution is 6.31. The third-order valence-corrected chi connectivity index (χ3v) is 3.69. The minimum atomic E-state index is -0.0602. The zero-order valence-corrected chi connectivity index (χ0v) is 14.1. The van der Waals surface area contributed by atoms with Crippen LogP contribution in [0.4, 0.5) is 5.69 Å². The van der Waals surface area contributed by atoms with Crippen molar-refractivity contribution in [3.63, 3.8) is 0 Å². The van der Waals surface area contributed by atoms with Crippen molar-refractivity contribution in [3.8, 4) is 0 Å². The van der Waals surface area contributed by atoms with Crippen LogP contribution in [0.1, 0.15) is 11.1 Å². The van der Waals surface area contributed by atoms with Gasteiger partial charge in [-0.15, -0.1) is 0 Å². The second-order valence-corrected chi connectivity index (χ2v) is 6.18. The average Bonchev–Trinajstić information content (AvgIpc) is 2.41. The van der Waals surface area contributed by atoms with Gasteiger partial charge in [0.2, 0.25) is 5.91 Å². The minimum absolute atomic E-state index is 0.0602. The lowest BCUT2D eigenvalue weighted by Crippen LogP contribution is -2.30. The van der Waals surface area contributed by atoms with Gasteiger partial charge in [-0.1, -0.05) is 35.3 Å². The molecule has 2 rings (SSSR count). The molecular weight excluding hydrogens is 319 g/mol. The van der Waals surface area contributed by atoms with Crippen LogP contribution in [0.3, 0.4) is 0 Å². The van der Waals surface area contributed by atoms with Crippen molar-refractivity contribution in [2.75, 3.05) is 18.9 Å². The normalized spacial score (nSPS) is 10.8. The lowest BCUT2D eigenvalue weighted by atomic mass is 10.2. The van der Waals surface area contributed by atoms with Crippen LogP contribution in [-0.2, 0) is 11.3 Å². The molecule has 1 amide bonds. The molecule has 0 fully saturated rings. The van der Waals surface area contributed by atoms with Crippen LogP contribution in [0.5, 0.6) is 0 Å². The molecular formula is C17H18Cl2N2O. The molecule has 5 heteroatoms. The molecule has 2 aromatic carbocycles. The van der Waals surface area contributed by atoms with E-state index >= 15 is 0 Å². The molecule has 0 aromatic heterocycles. The Morgan fingerprint density at radius 3 is 2.55 bits per heavy atom. The van der Waals surface area contributed by atoms with E-state index in [0.717, 1.165) is 16.8 Å². The van der Waals surface area contributed by atoms with E-state index in [1.54, 1.807) is 6.07 Å². The van der Waals surface area contributed by atoms with Crippen molar-refractivity contribution in [1.82, 2.24) is 4.90 Å². The van der Waals surface area contributed by atoms with Gasteiger partial charge in [0.25, 0.3) is 0 Å². The number of hydrogen-bond acceptors (Lipinski definition) is 2. The summed E-state index contributed by atoms with van der Waals surface area (Å²) in [6.45, 7) is 2.87. The van der Waals surface area contributed by atoms with Gasteiger partial charge in [0.1, 0.15) is 0 Å². The molecule has 0 heterocycles. The van der Waals surface area contributed by atoms with Crippen molar-refractivity contribution in [3.05, 3.63) is 63.6 Å². The zero-order chi connectivity index (χ0) is 16.1. The van der Waals surface area contributed by atoms with Crippen molar-refractivity contribution < 1.29 is 4.79 Å². The Morgan fingerprint density at radius 2 is 1.86 bits per heavy atom. The summed E-state index contributed by atoms with van der Waals surface area (Å²) in [6, 6.07) is 13.0. The Kier molecular flexibility index (Phi) is 5.83. The molecule has 0 spiro atoms. The number of rotatable bonds is 5. The van der Waals surface area contributed by atoms with E-state index in [-0.39, 0.29) is 5.91 Å². The van der Waals surface area contributed by atoms with E-state index in [2.05, 4.69) is 5.32 Å². The van der Waals surface area contributed by atoms with Crippen molar-refractivity contribution in [1.29, 1.82) is 0 Å². The first-order valence-electron chi connectivity index (χ1n) is 6.93. The molecule has 0 aliphatic heterocycles. The molecule has 1 N–H and O–H groups in total. The molecule has 0 aliphatic carbocycles. The molecule has 116 valence electrons. The number of carbonyl (C=O) groups excluding carboxylic acids is 1. The van der Waals surface area contributed by atoms with Gasteiger partial charge < -0.3 is 5.32 Å². The van der Waals surface area contributed by atoms with Crippen LogP contribution in [-0.4, -0.2) is 24.4 Å². The smallest absolute Gasteiger partial charge is 0.238 e. The Hall–Kier alpha value is -1.55. The highest BCUT2D eigenvalue weighted by Crippen LogP contribution is 2.19. The number of amides is 1. The van der Waals surface area contributed by atoms with Gasteiger partial charge in [0.05, 0.1) is 6.54 Å². The van der Waals surface area contributed by atoms with E-state index < -0.39 is 0 Å². The van der Waals surface area contributed by atoms with Crippen molar-refractivity contribution in [2.24, 2.45) is 0 Å². The van der Waals surface area contributed by atoms with Crippen LogP contribution in [0.2, 0.25) is 10.0 Å². The predicted octanol–water partition coefficient (Wildman–Crippen LogP) is 4.37. The van der Waals surface area contributed by atoms with Gasteiger partial charge in [-0.05, 0) is 55.4 Å². The second-order valence-electron chi connectivity index (χ2n) is 5.31. The Bertz CT molecular complexity index is 673. The van der Waals surface area contributed by atoms with E-state index in [1.165, 1.54) is 0 Å². The molecule has 2 aromatic rings. The summed E-state index contributed by atoms with van der Waals surface area (Å²) in [6.07, 6.45) is 0. The van der Waals surface area contributed by atoms with Crippen molar-refractivity contribution >= 4 is 34.8 Å². The second kappa shape index (κ2) is 7.63. The molecule has 0 unspecified atom stereocenters. The molecule has 0 saturated carbocycles. The molecule has 3 nitrogen and oxygen atoms in total. The number of likely N-dealkylation sites (N-methyl/N-ethyl adjacent to an activating group) is 1. The van der Waals surface area contributed by atoms with E-state index in [9.17, 15) is 4.79 Å². The summed E-state index contributed by atoms with van der Waals surface area (Å²) in [7, 11) is 1.90. The quantitative estimate of drug-likeness (QED) is 0.879. The fraction of sp³-hybridized carbons (Fsp3) is 0.235. The van der Waals surface area contributed by atoms with Gasteiger partial charge in [0, 0.05) is 22.3 Å². The maximum atomic E-state index is 12.1. The van der Waals surface area contributed by atoms with Crippen LogP contribution >= 0.6 is 23.2 Å². The Labute approximate surface area is 140 Å². The summed E-state index contributed by atoms with van der Waals surface area (Å²) in [5.74, 6) is -0.0602. The van der Waals surface area contributed by atoms with Gasteiger partial charge in [-0.3, -0.25) is 9.69 Å². The molecule has 0 saturated heterocycles. The van der Waals surface area contributed by atoms with E-state index in [1.807, 2.05) is 55.3 Å². The first-order valence-corrected chi connectivity index (χ1v) is 7.68. The summed E-state index contributed by atoms with van der Waals surface area (Å²) < 4.78 is 0. The lowest BCUT2D eigenvalue weighted by molar-refractivity contribution is -0.117. The number of anilines is 1. The SMILES string of the molecule is Cc1cc(Cl)ccc1NC(=O)CN(C)Cc1cccc(Cl)c1. The molecule has 0 aliphatic rings. The summed E-state index contributed by atoms with van der Waals surface area (Å²) in [4.78, 5) is 14.0. The van der Waals surface area contributed by atoms with Gasteiger partial charge in [-0.2, -0.15) is 0 Å². The minimum Gasteiger partial charge on any atom is -0.325 e. The molecule has 0 atom stereocenters. The fourth-order valence-electron chi connectivity index (χ4n) is 2.21. The van der Waals surface area contributed by atoms with Crippen LogP contribution in [0, 0.1) is 6.92 Å². The van der Waals surface area contributed by atoms with Crippen LogP contribution in [0.15, 0.2) is 42.5 Å². The number of benzene rings is 2. The number of nitrogens with zero attached hydrogens (tertiary/aromatic N) is 1. The fourth-order valence-corrected chi connectivity index (χ4v) is 2.64. The average molecular weight is 337 g/mol. The predicted molar refractivity (Wildman–Crippen MR) is 92.6 cm³/mol. The maximum Gasteiger partial charge on any atom is 0.238 e. The molecule has 0 radical (unpaired) electrons. The first-order chi connectivity index (χ1) is 10.4. The molecule has 0 bridgehead atoms. The van der Waals surface area contributed by atoms with Gasteiger partial charge in [0.15, 0.2) is 0 Å². The molecule has 22 heavy (non-hydrogen) atoms. The number of nitrogens with one attached hydrogen (secondary N) is 1. The topological polar surface area (TPSA) is 32.3 Å². The number of carbonyl (C=O) groups is 1. The first kappa shape index (κ1) is 16.8. The Balaban J connectivity index is 1.91. The monoisotopic (exact) mass is 336 g/mol. The van der Waals surface area contributed by atoms with Crippen LogP contribution < -0.4 is 5.32 Å². The van der Waals surface area contributed by atoms with Gasteiger partial charge in [-0.25, -0.2) is 0 Å². The third kappa shape index (κ3) is 5.02. The van der Waals surface area contributed by atoms with Gasteiger partial charge >= 0.3 is 0 Å². The standard InChI is InChI=1S/C17H18Cl2N2O/c1-12-8-15(19)6-7-16(12)20-17(22)11-21(2)10-13-4-3-5-14(18)9-13/h3-9H,10-11H2,1-2H3,(H,20,22). The number of hydrogen-bond donors (Lipinski definition) is 1.